The summed E-state index contributed by atoms with van der Waals surface area (Å²) in [5.74, 6) is -0.882. The lowest BCUT2D eigenvalue weighted by atomic mass is 10.4. The van der Waals surface area contributed by atoms with Crippen LogP contribution in [0.2, 0.25) is 0 Å². The highest BCUT2D eigenvalue weighted by Crippen LogP contribution is 2.21. The molecule has 0 aromatic heterocycles. The molecule has 0 aliphatic carbocycles. The SMILES string of the molecule is CS(=O)(=O)OC1OS(=O)(=O)CC1F. The van der Waals surface area contributed by atoms with Gasteiger partial charge in [-0.2, -0.15) is 16.8 Å². The van der Waals surface area contributed by atoms with E-state index >= 15 is 0 Å². The normalized spacial score (nSPS) is 33.4. The molecule has 0 radical (unpaired) electrons. The van der Waals surface area contributed by atoms with Gasteiger partial charge in [0.05, 0.1) is 6.26 Å². The molecule has 0 saturated carbocycles. The van der Waals surface area contributed by atoms with Gasteiger partial charge < -0.3 is 0 Å². The quantitative estimate of drug-likeness (QED) is 0.569. The Morgan fingerprint density at radius 3 is 2.38 bits per heavy atom. The molecule has 0 aromatic rings. The molecule has 0 spiro atoms. The van der Waals surface area contributed by atoms with E-state index in [0.717, 1.165) is 0 Å². The maximum Gasteiger partial charge on any atom is 0.273 e. The highest BCUT2D eigenvalue weighted by molar-refractivity contribution is 7.87. The summed E-state index contributed by atoms with van der Waals surface area (Å²) in [6.07, 6.45) is -3.17. The van der Waals surface area contributed by atoms with Crippen LogP contribution in [0.1, 0.15) is 0 Å². The lowest BCUT2D eigenvalue weighted by Crippen LogP contribution is -2.25. The minimum absolute atomic E-state index is 0.675. The van der Waals surface area contributed by atoms with Crippen molar-refractivity contribution in [1.29, 1.82) is 0 Å². The lowest BCUT2D eigenvalue weighted by molar-refractivity contribution is -0.0151. The van der Waals surface area contributed by atoms with Crippen molar-refractivity contribution in [3.05, 3.63) is 0 Å². The van der Waals surface area contributed by atoms with Gasteiger partial charge in [0, 0.05) is 0 Å². The fourth-order valence-electron chi connectivity index (χ4n) is 0.766. The van der Waals surface area contributed by atoms with Crippen molar-refractivity contribution in [2.24, 2.45) is 0 Å². The molecule has 0 N–H and O–H groups in total. The first-order chi connectivity index (χ1) is 5.70. The first kappa shape index (κ1) is 10.8. The maximum absolute atomic E-state index is 12.7. The van der Waals surface area contributed by atoms with Crippen molar-refractivity contribution in [2.75, 3.05) is 12.0 Å². The van der Waals surface area contributed by atoms with Crippen LogP contribution in [-0.4, -0.2) is 41.3 Å². The van der Waals surface area contributed by atoms with Crippen LogP contribution in [0.5, 0.6) is 0 Å². The maximum atomic E-state index is 12.7. The van der Waals surface area contributed by atoms with Crippen molar-refractivity contribution in [3.63, 3.8) is 0 Å². The predicted octanol–water partition coefficient (Wildman–Crippen LogP) is -1.01. The largest absolute Gasteiger partial charge is 0.273 e. The second-order valence-electron chi connectivity index (χ2n) is 2.51. The van der Waals surface area contributed by atoms with Crippen LogP contribution in [0.25, 0.3) is 0 Å². The van der Waals surface area contributed by atoms with Crippen molar-refractivity contribution in [1.82, 2.24) is 0 Å². The zero-order valence-electron chi connectivity index (χ0n) is 6.51. The number of hydrogen-bond donors (Lipinski definition) is 0. The zero-order valence-corrected chi connectivity index (χ0v) is 8.14. The topological polar surface area (TPSA) is 86.7 Å². The fourth-order valence-corrected chi connectivity index (χ4v) is 2.39. The minimum Gasteiger partial charge on any atom is -0.241 e. The second-order valence-corrected chi connectivity index (χ2v) is 5.75. The lowest BCUT2D eigenvalue weighted by Gasteiger charge is -2.08. The molecular formula is C4H7FO6S2. The molecule has 0 aromatic carbocycles. The van der Waals surface area contributed by atoms with Crippen molar-refractivity contribution in [3.8, 4) is 0 Å². The van der Waals surface area contributed by atoms with Crippen LogP contribution in [-0.2, 0) is 28.6 Å². The smallest absolute Gasteiger partial charge is 0.241 e. The van der Waals surface area contributed by atoms with E-state index in [-0.39, 0.29) is 0 Å². The summed E-state index contributed by atoms with van der Waals surface area (Å²) in [6.45, 7) is 0. The summed E-state index contributed by atoms with van der Waals surface area (Å²) in [5, 5.41) is 0. The van der Waals surface area contributed by atoms with Crippen LogP contribution in [0.3, 0.4) is 0 Å². The first-order valence-corrected chi connectivity index (χ1v) is 6.52. The van der Waals surface area contributed by atoms with E-state index in [0.29, 0.717) is 6.26 Å². The average Bonchev–Trinajstić information content (AvgIpc) is 2.00. The van der Waals surface area contributed by atoms with Gasteiger partial charge in [-0.25, -0.2) is 12.8 Å². The standard InChI is InChI=1S/C4H7FO6S2/c1-12(6,7)10-4-3(5)2-13(8,9)11-4/h3-4H,2H2,1H3. The van der Waals surface area contributed by atoms with Gasteiger partial charge in [-0.3, -0.25) is 0 Å². The van der Waals surface area contributed by atoms with Gasteiger partial charge in [0.25, 0.3) is 20.2 Å². The molecule has 13 heavy (non-hydrogen) atoms. The zero-order chi connectivity index (χ0) is 10.3. The Morgan fingerprint density at radius 1 is 1.54 bits per heavy atom. The Balaban J connectivity index is 2.76. The Kier molecular flexibility index (Phi) is 2.63. The van der Waals surface area contributed by atoms with E-state index in [1.165, 1.54) is 0 Å². The number of rotatable bonds is 2. The molecule has 1 saturated heterocycles. The van der Waals surface area contributed by atoms with Crippen molar-refractivity contribution in [2.45, 2.75) is 12.5 Å². The molecular weight excluding hydrogens is 227 g/mol. The number of halogens is 1. The Morgan fingerprint density at radius 2 is 2.08 bits per heavy atom. The molecule has 1 fully saturated rings. The summed E-state index contributed by atoms with van der Waals surface area (Å²) >= 11 is 0. The van der Waals surface area contributed by atoms with Gasteiger partial charge in [0.1, 0.15) is 5.75 Å². The van der Waals surface area contributed by atoms with Gasteiger partial charge in [-0.05, 0) is 0 Å². The molecule has 78 valence electrons. The van der Waals surface area contributed by atoms with Gasteiger partial charge in [0.15, 0.2) is 6.17 Å². The number of hydrogen-bond acceptors (Lipinski definition) is 6. The van der Waals surface area contributed by atoms with E-state index in [2.05, 4.69) is 8.37 Å². The van der Waals surface area contributed by atoms with Gasteiger partial charge >= 0.3 is 0 Å². The Hall–Kier alpha value is -0.250. The first-order valence-electron chi connectivity index (χ1n) is 3.13. The van der Waals surface area contributed by atoms with Gasteiger partial charge in [-0.1, -0.05) is 0 Å². The Labute approximate surface area is 74.9 Å². The molecule has 9 heteroatoms. The summed E-state index contributed by atoms with van der Waals surface area (Å²) in [7, 11) is -7.90. The number of alkyl halides is 1. The third-order valence-corrected chi connectivity index (χ3v) is 2.92. The molecule has 6 nitrogen and oxygen atoms in total. The summed E-state index contributed by atoms with van der Waals surface area (Å²) < 4.78 is 63.0. The molecule has 0 amide bonds. The molecule has 2 unspecified atom stereocenters. The van der Waals surface area contributed by atoms with E-state index in [9.17, 15) is 21.2 Å². The molecule has 1 heterocycles. The summed E-state index contributed by atoms with van der Waals surface area (Å²) in [4.78, 5) is 0. The minimum atomic E-state index is -3.98. The molecule has 1 aliphatic heterocycles. The molecule has 1 aliphatic rings. The monoisotopic (exact) mass is 234 g/mol. The van der Waals surface area contributed by atoms with Crippen molar-refractivity contribution >= 4 is 20.2 Å². The molecule has 1 rings (SSSR count). The highest BCUT2D eigenvalue weighted by atomic mass is 32.2. The van der Waals surface area contributed by atoms with E-state index in [4.69, 9.17) is 0 Å². The summed E-state index contributed by atoms with van der Waals surface area (Å²) in [6, 6.07) is 0. The van der Waals surface area contributed by atoms with Crippen molar-refractivity contribution < 1.29 is 29.6 Å². The van der Waals surface area contributed by atoms with E-state index in [1.807, 2.05) is 0 Å². The van der Waals surface area contributed by atoms with Crippen LogP contribution >= 0.6 is 0 Å². The van der Waals surface area contributed by atoms with E-state index in [1.54, 1.807) is 0 Å². The molecule has 0 bridgehead atoms. The van der Waals surface area contributed by atoms with E-state index < -0.39 is 38.5 Å². The predicted molar refractivity (Wildman–Crippen MR) is 39.5 cm³/mol. The third-order valence-electron chi connectivity index (χ3n) is 1.17. The third kappa shape index (κ3) is 3.18. The summed E-state index contributed by atoms with van der Waals surface area (Å²) in [5.41, 5.74) is 0. The van der Waals surface area contributed by atoms with Crippen LogP contribution in [0, 0.1) is 0 Å². The highest BCUT2D eigenvalue weighted by Gasteiger charge is 2.42. The van der Waals surface area contributed by atoms with Crippen LogP contribution < -0.4 is 0 Å². The van der Waals surface area contributed by atoms with Crippen LogP contribution in [0.15, 0.2) is 0 Å². The average molecular weight is 234 g/mol. The van der Waals surface area contributed by atoms with Gasteiger partial charge in [0.2, 0.25) is 6.29 Å². The van der Waals surface area contributed by atoms with Crippen LogP contribution in [0.4, 0.5) is 4.39 Å². The van der Waals surface area contributed by atoms with Gasteiger partial charge in [-0.15, -0.1) is 0 Å². The Bertz CT molecular complexity index is 383. The second kappa shape index (κ2) is 3.15. The fraction of sp³-hybridized carbons (Fsp3) is 1.00. The molecule has 2 atom stereocenters.